The number of rotatable bonds is 3. The van der Waals surface area contributed by atoms with Gasteiger partial charge in [-0.15, -0.1) is 0 Å². The van der Waals surface area contributed by atoms with Crippen LogP contribution in [0.15, 0.2) is 42.5 Å². The minimum absolute atomic E-state index is 0.0121. The fourth-order valence-corrected chi connectivity index (χ4v) is 2.90. The lowest BCUT2D eigenvalue weighted by molar-refractivity contribution is 0.0689. The molecule has 1 atom stereocenters. The average Bonchev–Trinajstić information content (AvgIpc) is 3.24. The Balaban J connectivity index is 1.93. The fraction of sp³-hybridized carbons (Fsp3) is 0.235. The van der Waals surface area contributed by atoms with Crippen LogP contribution in [0.5, 0.6) is 0 Å². The van der Waals surface area contributed by atoms with Crippen LogP contribution in [0.2, 0.25) is 0 Å². The predicted molar refractivity (Wildman–Crippen MR) is 83.3 cm³/mol. The molecule has 0 spiro atoms. The number of hydrogen-bond donors (Lipinski definition) is 1. The van der Waals surface area contributed by atoms with Crippen molar-refractivity contribution in [2.75, 3.05) is 6.61 Å². The molecule has 0 amide bonds. The van der Waals surface area contributed by atoms with E-state index in [0.29, 0.717) is 12.3 Å². The lowest BCUT2D eigenvalue weighted by Gasteiger charge is -2.13. The predicted octanol–water partition coefficient (Wildman–Crippen LogP) is 2.95. The molecule has 0 aliphatic carbocycles. The van der Waals surface area contributed by atoms with Crippen molar-refractivity contribution in [1.29, 1.82) is 0 Å². The van der Waals surface area contributed by atoms with Gasteiger partial charge in [0.15, 0.2) is 11.3 Å². The number of aromatic nitrogens is 3. The van der Waals surface area contributed by atoms with E-state index in [1.807, 2.05) is 36.4 Å². The summed E-state index contributed by atoms with van der Waals surface area (Å²) in [5.74, 6) is -1.06. The van der Waals surface area contributed by atoms with Crippen molar-refractivity contribution in [3.05, 3.63) is 53.9 Å². The highest BCUT2D eigenvalue weighted by Crippen LogP contribution is 2.31. The van der Waals surface area contributed by atoms with Gasteiger partial charge in [0.1, 0.15) is 0 Å². The molecule has 1 aromatic carbocycles. The number of nitrogens with zero attached hydrogens (tertiary/aromatic N) is 3. The van der Waals surface area contributed by atoms with E-state index in [4.69, 9.17) is 4.74 Å². The van der Waals surface area contributed by atoms with E-state index in [2.05, 4.69) is 10.1 Å². The number of carbonyl (C=O) groups is 1. The van der Waals surface area contributed by atoms with Gasteiger partial charge in [-0.2, -0.15) is 5.10 Å². The van der Waals surface area contributed by atoms with E-state index in [-0.39, 0.29) is 11.8 Å². The molecule has 6 heteroatoms. The van der Waals surface area contributed by atoms with Gasteiger partial charge in [0.2, 0.25) is 0 Å². The first-order chi connectivity index (χ1) is 11.2. The number of fused-ring (bicyclic) bond motifs is 1. The van der Waals surface area contributed by atoms with Crippen LogP contribution in [0.1, 0.15) is 35.1 Å². The van der Waals surface area contributed by atoms with Crippen LogP contribution >= 0.6 is 0 Å². The minimum Gasteiger partial charge on any atom is -0.476 e. The van der Waals surface area contributed by atoms with E-state index in [0.717, 1.165) is 29.8 Å². The van der Waals surface area contributed by atoms with E-state index in [9.17, 15) is 9.90 Å². The molecule has 0 radical (unpaired) electrons. The normalized spacial score (nSPS) is 17.7. The summed E-state index contributed by atoms with van der Waals surface area (Å²) in [6.45, 7) is 0.711. The summed E-state index contributed by atoms with van der Waals surface area (Å²) in [4.78, 5) is 15.8. The van der Waals surface area contributed by atoms with E-state index >= 15 is 0 Å². The van der Waals surface area contributed by atoms with Gasteiger partial charge < -0.3 is 9.84 Å². The van der Waals surface area contributed by atoms with Crippen LogP contribution in [0, 0.1) is 0 Å². The maximum atomic E-state index is 11.2. The molecular formula is C17H15N3O3. The second kappa shape index (κ2) is 5.48. The van der Waals surface area contributed by atoms with Crippen molar-refractivity contribution in [2.45, 2.75) is 18.9 Å². The van der Waals surface area contributed by atoms with Crippen molar-refractivity contribution in [3.8, 4) is 11.3 Å². The average molecular weight is 309 g/mol. The van der Waals surface area contributed by atoms with E-state index < -0.39 is 5.97 Å². The second-order valence-electron chi connectivity index (χ2n) is 5.54. The van der Waals surface area contributed by atoms with Crippen LogP contribution in [0.25, 0.3) is 16.9 Å². The molecule has 1 fully saturated rings. The summed E-state index contributed by atoms with van der Waals surface area (Å²) >= 11 is 0. The van der Waals surface area contributed by atoms with Crippen molar-refractivity contribution >= 4 is 11.6 Å². The standard InChI is InChI=1S/C17H15N3O3/c21-17(22)13-10-16-18-12(11-5-2-1-3-6-11)9-14(20(16)19-13)15-7-4-8-23-15/h1-3,5-6,9-10,15H,4,7-8H2,(H,21,22). The topological polar surface area (TPSA) is 76.7 Å². The lowest BCUT2D eigenvalue weighted by Crippen LogP contribution is -2.08. The molecule has 1 unspecified atom stereocenters. The minimum atomic E-state index is -1.06. The zero-order chi connectivity index (χ0) is 15.8. The van der Waals surface area contributed by atoms with Gasteiger partial charge in [-0.1, -0.05) is 30.3 Å². The molecule has 0 bridgehead atoms. The van der Waals surface area contributed by atoms with Gasteiger partial charge in [-0.25, -0.2) is 14.3 Å². The van der Waals surface area contributed by atoms with Gasteiger partial charge in [-0.3, -0.25) is 0 Å². The Bertz CT molecular complexity index is 867. The largest absolute Gasteiger partial charge is 0.476 e. The summed E-state index contributed by atoms with van der Waals surface area (Å²) in [5.41, 5.74) is 3.13. The third-order valence-electron chi connectivity index (χ3n) is 4.00. The van der Waals surface area contributed by atoms with Crippen LogP contribution in [-0.4, -0.2) is 32.3 Å². The molecule has 1 aliphatic heterocycles. The number of hydrogen-bond acceptors (Lipinski definition) is 4. The Labute approximate surface area is 132 Å². The maximum Gasteiger partial charge on any atom is 0.356 e. The number of benzene rings is 1. The zero-order valence-corrected chi connectivity index (χ0v) is 12.3. The van der Waals surface area contributed by atoms with Crippen LogP contribution < -0.4 is 0 Å². The third-order valence-corrected chi connectivity index (χ3v) is 4.00. The van der Waals surface area contributed by atoms with Gasteiger partial charge in [-0.05, 0) is 18.9 Å². The highest BCUT2D eigenvalue weighted by molar-refractivity contribution is 5.86. The Morgan fingerprint density at radius 1 is 1.26 bits per heavy atom. The Hall–Kier alpha value is -2.73. The molecule has 6 nitrogen and oxygen atoms in total. The van der Waals surface area contributed by atoms with Gasteiger partial charge in [0.25, 0.3) is 0 Å². The van der Waals surface area contributed by atoms with Gasteiger partial charge >= 0.3 is 5.97 Å². The van der Waals surface area contributed by atoms with E-state index in [1.165, 1.54) is 6.07 Å². The van der Waals surface area contributed by atoms with Gasteiger partial charge in [0.05, 0.1) is 17.5 Å². The number of carboxylic acid groups (broad SMARTS) is 1. The summed E-state index contributed by atoms with van der Waals surface area (Å²) in [5, 5.41) is 13.4. The van der Waals surface area contributed by atoms with Crippen molar-refractivity contribution in [2.24, 2.45) is 0 Å². The van der Waals surface area contributed by atoms with Crippen molar-refractivity contribution < 1.29 is 14.6 Å². The first kappa shape index (κ1) is 13.9. The summed E-state index contributed by atoms with van der Waals surface area (Å²) in [6.07, 6.45) is 1.81. The summed E-state index contributed by atoms with van der Waals surface area (Å²) in [6, 6.07) is 13.2. The van der Waals surface area contributed by atoms with Crippen molar-refractivity contribution in [3.63, 3.8) is 0 Å². The molecule has 1 aliphatic rings. The molecule has 1 saturated heterocycles. The van der Waals surface area contributed by atoms with Crippen molar-refractivity contribution in [1.82, 2.24) is 14.6 Å². The molecule has 1 N–H and O–H groups in total. The molecule has 2 aromatic heterocycles. The summed E-state index contributed by atoms with van der Waals surface area (Å²) < 4.78 is 7.36. The van der Waals surface area contributed by atoms with Crippen LogP contribution in [-0.2, 0) is 4.74 Å². The smallest absolute Gasteiger partial charge is 0.356 e. The molecule has 3 aromatic rings. The van der Waals surface area contributed by atoms with Gasteiger partial charge in [0, 0.05) is 18.2 Å². The third kappa shape index (κ3) is 2.47. The highest BCUT2D eigenvalue weighted by Gasteiger charge is 2.23. The summed E-state index contributed by atoms with van der Waals surface area (Å²) in [7, 11) is 0. The fourth-order valence-electron chi connectivity index (χ4n) is 2.90. The lowest BCUT2D eigenvalue weighted by atomic mass is 10.1. The molecule has 0 saturated carbocycles. The van der Waals surface area contributed by atoms with E-state index in [1.54, 1.807) is 4.52 Å². The Morgan fingerprint density at radius 3 is 2.78 bits per heavy atom. The second-order valence-corrected chi connectivity index (χ2v) is 5.54. The van der Waals surface area contributed by atoms with Crippen LogP contribution in [0.3, 0.4) is 0 Å². The number of carboxylic acids is 1. The monoisotopic (exact) mass is 309 g/mol. The molecule has 23 heavy (non-hydrogen) atoms. The molecule has 3 heterocycles. The molecular weight excluding hydrogens is 294 g/mol. The SMILES string of the molecule is O=C(O)c1cc2nc(-c3ccccc3)cc(C3CCCO3)n2n1. The first-order valence-electron chi connectivity index (χ1n) is 7.53. The van der Waals surface area contributed by atoms with Crippen LogP contribution in [0.4, 0.5) is 0 Å². The Morgan fingerprint density at radius 2 is 2.09 bits per heavy atom. The number of aromatic carboxylic acids is 1. The Kier molecular flexibility index (Phi) is 3.31. The highest BCUT2D eigenvalue weighted by atomic mass is 16.5. The number of ether oxygens (including phenoxy) is 1. The molecule has 4 rings (SSSR count). The quantitative estimate of drug-likeness (QED) is 0.805. The zero-order valence-electron chi connectivity index (χ0n) is 12.3. The molecule has 116 valence electrons. The maximum absolute atomic E-state index is 11.2. The first-order valence-corrected chi connectivity index (χ1v) is 7.53.